The van der Waals surface area contributed by atoms with E-state index in [1.165, 1.54) is 16.7 Å². The molecule has 0 aliphatic heterocycles. The molecule has 1 aromatic carbocycles. The van der Waals surface area contributed by atoms with Crippen LogP contribution in [0.15, 0.2) is 29.1 Å². The van der Waals surface area contributed by atoms with Crippen molar-refractivity contribution in [2.45, 2.75) is 20.4 Å². The first kappa shape index (κ1) is 13.0. The van der Waals surface area contributed by atoms with Gasteiger partial charge in [-0.2, -0.15) is 5.26 Å². The molecule has 1 heterocycles. The van der Waals surface area contributed by atoms with E-state index in [0.29, 0.717) is 17.1 Å². The zero-order valence-corrected chi connectivity index (χ0v) is 10.6. The molecule has 0 atom stereocenters. The largest absolute Gasteiger partial charge is 0.292 e. The van der Waals surface area contributed by atoms with Crippen LogP contribution in [0.3, 0.4) is 0 Å². The molecule has 0 unspecified atom stereocenters. The van der Waals surface area contributed by atoms with Crippen molar-refractivity contribution in [3.05, 3.63) is 63.1 Å². The third-order valence-electron chi connectivity index (χ3n) is 2.85. The van der Waals surface area contributed by atoms with E-state index in [-0.39, 0.29) is 17.7 Å². The maximum absolute atomic E-state index is 13.9. The van der Waals surface area contributed by atoms with Gasteiger partial charge in [0.05, 0.1) is 12.1 Å². The van der Waals surface area contributed by atoms with E-state index in [9.17, 15) is 9.18 Å². The lowest BCUT2D eigenvalue weighted by Gasteiger charge is -2.10. The Morgan fingerprint density at radius 2 is 2.16 bits per heavy atom. The van der Waals surface area contributed by atoms with Crippen LogP contribution in [0.5, 0.6) is 0 Å². The van der Waals surface area contributed by atoms with Gasteiger partial charge in [-0.1, -0.05) is 12.1 Å². The van der Waals surface area contributed by atoms with Crippen molar-refractivity contribution in [1.82, 2.24) is 9.55 Å². The number of nitrogens with zero attached hydrogens (tertiary/aromatic N) is 3. The molecule has 0 saturated heterocycles. The van der Waals surface area contributed by atoms with Gasteiger partial charge in [0.1, 0.15) is 17.7 Å². The Bertz CT molecular complexity index is 728. The molecule has 0 radical (unpaired) electrons. The summed E-state index contributed by atoms with van der Waals surface area (Å²) in [6, 6.07) is 7.74. The molecule has 0 fully saturated rings. The van der Waals surface area contributed by atoms with Gasteiger partial charge in [-0.05, 0) is 19.9 Å². The highest BCUT2D eigenvalue weighted by Gasteiger charge is 2.10. The van der Waals surface area contributed by atoms with Crippen LogP contribution >= 0.6 is 0 Å². The van der Waals surface area contributed by atoms with Crippen molar-refractivity contribution < 1.29 is 4.39 Å². The second-order valence-corrected chi connectivity index (χ2v) is 4.26. The maximum atomic E-state index is 13.9. The minimum atomic E-state index is -0.586. The molecular formula is C14H12FN3O. The molecule has 2 aromatic rings. The molecule has 0 N–H and O–H groups in total. The van der Waals surface area contributed by atoms with Gasteiger partial charge >= 0.3 is 0 Å². The highest BCUT2D eigenvalue weighted by molar-refractivity contribution is 5.35. The van der Waals surface area contributed by atoms with Gasteiger partial charge in [0, 0.05) is 17.3 Å². The summed E-state index contributed by atoms with van der Waals surface area (Å²) in [4.78, 5) is 16.0. The Kier molecular flexibility index (Phi) is 3.43. The van der Waals surface area contributed by atoms with Gasteiger partial charge in [-0.15, -0.1) is 0 Å². The highest BCUT2D eigenvalue weighted by atomic mass is 19.1. The lowest BCUT2D eigenvalue weighted by Crippen LogP contribution is -2.24. The second kappa shape index (κ2) is 5.02. The first-order valence-corrected chi connectivity index (χ1v) is 5.75. The third kappa shape index (κ3) is 2.52. The average Bonchev–Trinajstić information content (AvgIpc) is 2.35. The molecule has 0 amide bonds. The summed E-state index contributed by atoms with van der Waals surface area (Å²) in [5, 5.41) is 8.78. The van der Waals surface area contributed by atoms with Crippen LogP contribution in [0.25, 0.3) is 0 Å². The Morgan fingerprint density at radius 3 is 2.79 bits per heavy atom. The third-order valence-corrected chi connectivity index (χ3v) is 2.85. The predicted molar refractivity (Wildman–Crippen MR) is 68.2 cm³/mol. The monoisotopic (exact) mass is 257 g/mol. The van der Waals surface area contributed by atoms with Crippen LogP contribution in [-0.4, -0.2) is 9.55 Å². The Hall–Kier alpha value is -2.48. The van der Waals surface area contributed by atoms with Crippen LogP contribution in [-0.2, 0) is 6.54 Å². The summed E-state index contributed by atoms with van der Waals surface area (Å²) in [6.07, 6.45) is 0. The number of aryl methyl sites for hydroxylation is 2. The SMILES string of the molecule is Cc1cc(=O)n(Cc2cccc(C#N)c2F)c(C)n1. The predicted octanol–water partition coefficient (Wildman–Crippen LogP) is 1.92. The molecule has 19 heavy (non-hydrogen) atoms. The molecule has 0 bridgehead atoms. The highest BCUT2D eigenvalue weighted by Crippen LogP contribution is 2.13. The minimum absolute atomic E-state index is 0.0247. The van der Waals surface area contributed by atoms with Crippen LogP contribution in [0.1, 0.15) is 22.6 Å². The van der Waals surface area contributed by atoms with Crippen LogP contribution in [0, 0.1) is 31.0 Å². The fourth-order valence-electron chi connectivity index (χ4n) is 1.91. The van der Waals surface area contributed by atoms with Crippen molar-refractivity contribution >= 4 is 0 Å². The van der Waals surface area contributed by atoms with Crippen LogP contribution in [0.2, 0.25) is 0 Å². The summed E-state index contributed by atoms with van der Waals surface area (Å²) in [7, 11) is 0. The van der Waals surface area contributed by atoms with Crippen LogP contribution < -0.4 is 5.56 Å². The summed E-state index contributed by atoms with van der Waals surface area (Å²) in [6.45, 7) is 3.50. The normalized spacial score (nSPS) is 10.2. The lowest BCUT2D eigenvalue weighted by atomic mass is 10.1. The summed E-state index contributed by atoms with van der Waals surface area (Å²) >= 11 is 0. The number of nitriles is 1. The van der Waals surface area contributed by atoms with Crippen molar-refractivity contribution in [2.75, 3.05) is 0 Å². The van der Waals surface area contributed by atoms with Crippen molar-refractivity contribution in [3.8, 4) is 6.07 Å². The topological polar surface area (TPSA) is 58.7 Å². The molecular weight excluding hydrogens is 245 g/mol. The standard InChI is InChI=1S/C14H12FN3O/c1-9-6-13(19)18(10(2)17-9)8-12-5-3-4-11(7-16)14(12)15/h3-6H,8H2,1-2H3. The van der Waals surface area contributed by atoms with Gasteiger partial charge in [0.15, 0.2) is 0 Å². The van der Waals surface area contributed by atoms with E-state index >= 15 is 0 Å². The fraction of sp³-hybridized carbons (Fsp3) is 0.214. The minimum Gasteiger partial charge on any atom is -0.292 e. The average molecular weight is 257 g/mol. The molecule has 0 aliphatic carbocycles. The maximum Gasteiger partial charge on any atom is 0.254 e. The molecule has 0 spiro atoms. The van der Waals surface area contributed by atoms with E-state index in [4.69, 9.17) is 5.26 Å². The lowest BCUT2D eigenvalue weighted by molar-refractivity contribution is 0.586. The van der Waals surface area contributed by atoms with E-state index in [1.54, 1.807) is 32.0 Å². The van der Waals surface area contributed by atoms with E-state index < -0.39 is 5.82 Å². The molecule has 0 aliphatic rings. The zero-order chi connectivity index (χ0) is 14.0. The quantitative estimate of drug-likeness (QED) is 0.825. The van der Waals surface area contributed by atoms with E-state index in [0.717, 1.165) is 0 Å². The fourth-order valence-corrected chi connectivity index (χ4v) is 1.91. The number of rotatable bonds is 2. The summed E-state index contributed by atoms with van der Waals surface area (Å²) in [5.74, 6) is -0.0661. The van der Waals surface area contributed by atoms with Crippen molar-refractivity contribution in [2.24, 2.45) is 0 Å². The number of aromatic nitrogens is 2. The summed E-state index contributed by atoms with van der Waals surface area (Å²) in [5.41, 5.74) is 0.676. The van der Waals surface area contributed by atoms with Crippen molar-refractivity contribution in [3.63, 3.8) is 0 Å². The Labute approximate surface area is 109 Å². The van der Waals surface area contributed by atoms with Gasteiger partial charge in [0.2, 0.25) is 0 Å². The first-order chi connectivity index (χ1) is 9.02. The smallest absolute Gasteiger partial charge is 0.254 e. The van der Waals surface area contributed by atoms with E-state index in [1.807, 2.05) is 0 Å². The number of hydrogen-bond donors (Lipinski definition) is 0. The van der Waals surface area contributed by atoms with Gasteiger partial charge in [0.25, 0.3) is 5.56 Å². The molecule has 5 heteroatoms. The molecule has 2 rings (SSSR count). The molecule has 96 valence electrons. The van der Waals surface area contributed by atoms with Crippen molar-refractivity contribution in [1.29, 1.82) is 5.26 Å². The van der Waals surface area contributed by atoms with E-state index in [2.05, 4.69) is 4.98 Å². The van der Waals surface area contributed by atoms with Gasteiger partial charge < -0.3 is 0 Å². The molecule has 1 aromatic heterocycles. The number of benzene rings is 1. The first-order valence-electron chi connectivity index (χ1n) is 5.75. The van der Waals surface area contributed by atoms with Crippen LogP contribution in [0.4, 0.5) is 4.39 Å². The molecule has 0 saturated carbocycles. The number of halogens is 1. The number of hydrogen-bond acceptors (Lipinski definition) is 3. The second-order valence-electron chi connectivity index (χ2n) is 4.26. The Balaban J connectivity index is 2.49. The Morgan fingerprint density at radius 1 is 1.42 bits per heavy atom. The van der Waals surface area contributed by atoms with Gasteiger partial charge in [-0.3, -0.25) is 9.36 Å². The summed E-state index contributed by atoms with van der Waals surface area (Å²) < 4.78 is 15.3. The molecule has 4 nitrogen and oxygen atoms in total. The zero-order valence-electron chi connectivity index (χ0n) is 10.6. The van der Waals surface area contributed by atoms with Gasteiger partial charge in [-0.25, -0.2) is 9.37 Å².